The minimum atomic E-state index is -0.128. The first-order valence-corrected chi connectivity index (χ1v) is 5.98. The van der Waals surface area contributed by atoms with Crippen LogP contribution in [0.15, 0.2) is 23.8 Å². The quantitative estimate of drug-likeness (QED) is 0.555. The molecule has 2 rings (SSSR count). The van der Waals surface area contributed by atoms with E-state index in [1.54, 1.807) is 0 Å². The van der Waals surface area contributed by atoms with Crippen molar-refractivity contribution in [2.24, 2.45) is 11.8 Å². The van der Waals surface area contributed by atoms with Crippen LogP contribution in [0.1, 0.15) is 39.0 Å². The van der Waals surface area contributed by atoms with Crippen LogP contribution in [0.25, 0.3) is 0 Å². The number of hydrogen-bond donors (Lipinski definition) is 1. The van der Waals surface area contributed by atoms with Gasteiger partial charge in [0.1, 0.15) is 6.10 Å². The SMILES string of the molecule is CC1CCC(C2=CCC(OO)C=C2)CC1. The average molecular weight is 208 g/mol. The summed E-state index contributed by atoms with van der Waals surface area (Å²) in [5, 5.41) is 8.54. The van der Waals surface area contributed by atoms with Gasteiger partial charge in [-0.15, -0.1) is 0 Å². The molecule has 2 nitrogen and oxygen atoms in total. The molecule has 1 saturated carbocycles. The summed E-state index contributed by atoms with van der Waals surface area (Å²) in [7, 11) is 0. The Morgan fingerprint density at radius 2 is 2.00 bits per heavy atom. The third kappa shape index (κ3) is 2.70. The molecular formula is C13H20O2. The van der Waals surface area contributed by atoms with Crippen LogP contribution in [0, 0.1) is 11.8 Å². The van der Waals surface area contributed by atoms with Crippen molar-refractivity contribution in [1.29, 1.82) is 0 Å². The van der Waals surface area contributed by atoms with Gasteiger partial charge in [0.2, 0.25) is 0 Å². The minimum absolute atomic E-state index is 0.128. The van der Waals surface area contributed by atoms with Crippen molar-refractivity contribution in [3.8, 4) is 0 Å². The van der Waals surface area contributed by atoms with Crippen molar-refractivity contribution in [2.75, 3.05) is 0 Å². The average Bonchev–Trinajstić information content (AvgIpc) is 2.30. The monoisotopic (exact) mass is 208 g/mol. The molecule has 0 aromatic carbocycles. The van der Waals surface area contributed by atoms with E-state index in [1.165, 1.54) is 31.3 Å². The van der Waals surface area contributed by atoms with E-state index in [1.807, 2.05) is 6.08 Å². The highest BCUT2D eigenvalue weighted by Crippen LogP contribution is 2.34. The van der Waals surface area contributed by atoms with Crippen LogP contribution >= 0.6 is 0 Å². The zero-order valence-corrected chi connectivity index (χ0v) is 9.36. The minimum Gasteiger partial charge on any atom is -0.251 e. The van der Waals surface area contributed by atoms with Crippen LogP contribution in [-0.2, 0) is 4.89 Å². The Labute approximate surface area is 91.6 Å². The summed E-state index contributed by atoms with van der Waals surface area (Å²) in [6.07, 6.45) is 12.4. The number of allylic oxidation sites excluding steroid dienone is 2. The maximum Gasteiger partial charge on any atom is 0.115 e. The molecule has 0 radical (unpaired) electrons. The van der Waals surface area contributed by atoms with Gasteiger partial charge in [0.15, 0.2) is 0 Å². The van der Waals surface area contributed by atoms with E-state index >= 15 is 0 Å². The van der Waals surface area contributed by atoms with Gasteiger partial charge in [0, 0.05) is 0 Å². The van der Waals surface area contributed by atoms with Gasteiger partial charge in [0.25, 0.3) is 0 Å². The molecule has 1 unspecified atom stereocenters. The Kier molecular flexibility index (Phi) is 3.60. The highest BCUT2D eigenvalue weighted by molar-refractivity contribution is 5.27. The van der Waals surface area contributed by atoms with Gasteiger partial charge in [-0.3, -0.25) is 5.26 Å². The van der Waals surface area contributed by atoms with Crippen molar-refractivity contribution in [3.63, 3.8) is 0 Å². The van der Waals surface area contributed by atoms with Gasteiger partial charge in [-0.1, -0.05) is 38.0 Å². The summed E-state index contributed by atoms with van der Waals surface area (Å²) in [4.78, 5) is 4.31. The molecule has 0 heterocycles. The van der Waals surface area contributed by atoms with Gasteiger partial charge in [0.05, 0.1) is 0 Å². The standard InChI is InChI=1S/C13H20O2/c1-10-2-4-11(5-3-10)12-6-8-13(15-14)9-7-12/h6-8,10-11,13-14H,2-5,9H2,1H3. The second-order valence-corrected chi connectivity index (χ2v) is 4.90. The molecule has 15 heavy (non-hydrogen) atoms. The summed E-state index contributed by atoms with van der Waals surface area (Å²) in [5.41, 5.74) is 1.45. The van der Waals surface area contributed by atoms with E-state index in [0.29, 0.717) is 0 Å². The zero-order valence-electron chi connectivity index (χ0n) is 9.36. The molecule has 2 aliphatic rings. The number of rotatable bonds is 2. The molecule has 0 aromatic rings. The highest BCUT2D eigenvalue weighted by atomic mass is 17.1. The highest BCUT2D eigenvalue weighted by Gasteiger charge is 2.21. The lowest BCUT2D eigenvalue weighted by atomic mass is 9.78. The molecule has 0 spiro atoms. The van der Waals surface area contributed by atoms with Gasteiger partial charge in [-0.25, -0.2) is 4.89 Å². The molecular weight excluding hydrogens is 188 g/mol. The van der Waals surface area contributed by atoms with Crippen molar-refractivity contribution < 1.29 is 10.1 Å². The second kappa shape index (κ2) is 4.95. The van der Waals surface area contributed by atoms with E-state index in [-0.39, 0.29) is 6.10 Å². The Morgan fingerprint density at radius 1 is 1.27 bits per heavy atom. The van der Waals surface area contributed by atoms with E-state index in [0.717, 1.165) is 18.3 Å². The number of hydrogen-bond acceptors (Lipinski definition) is 2. The summed E-state index contributed by atoms with van der Waals surface area (Å²) < 4.78 is 0. The maximum atomic E-state index is 8.54. The molecule has 0 amide bonds. The Morgan fingerprint density at radius 3 is 2.53 bits per heavy atom. The van der Waals surface area contributed by atoms with Gasteiger partial charge in [-0.05, 0) is 36.7 Å². The summed E-state index contributed by atoms with van der Waals surface area (Å²) >= 11 is 0. The molecule has 2 heteroatoms. The topological polar surface area (TPSA) is 29.5 Å². The lowest BCUT2D eigenvalue weighted by Crippen LogP contribution is -2.16. The van der Waals surface area contributed by atoms with E-state index < -0.39 is 0 Å². The maximum absolute atomic E-state index is 8.54. The second-order valence-electron chi connectivity index (χ2n) is 4.90. The summed E-state index contributed by atoms with van der Waals surface area (Å²) in [5.74, 6) is 1.65. The van der Waals surface area contributed by atoms with E-state index in [2.05, 4.69) is 24.0 Å². The van der Waals surface area contributed by atoms with Gasteiger partial charge < -0.3 is 0 Å². The van der Waals surface area contributed by atoms with Crippen LogP contribution in [0.3, 0.4) is 0 Å². The van der Waals surface area contributed by atoms with E-state index in [9.17, 15) is 0 Å². The van der Waals surface area contributed by atoms with Crippen LogP contribution in [0.2, 0.25) is 0 Å². The molecule has 2 aliphatic carbocycles. The summed E-state index contributed by atoms with van der Waals surface area (Å²) in [6.45, 7) is 2.34. The Hall–Kier alpha value is -0.600. The van der Waals surface area contributed by atoms with Crippen LogP contribution in [0.5, 0.6) is 0 Å². The molecule has 1 N–H and O–H groups in total. The van der Waals surface area contributed by atoms with Crippen molar-refractivity contribution >= 4 is 0 Å². The Bertz CT molecular complexity index is 260. The van der Waals surface area contributed by atoms with Crippen molar-refractivity contribution in [1.82, 2.24) is 0 Å². The third-order valence-corrected chi connectivity index (χ3v) is 3.71. The molecule has 1 atom stereocenters. The zero-order chi connectivity index (χ0) is 10.7. The van der Waals surface area contributed by atoms with E-state index in [4.69, 9.17) is 5.26 Å². The first-order chi connectivity index (χ1) is 7.29. The molecule has 84 valence electrons. The fourth-order valence-electron chi connectivity index (χ4n) is 2.59. The molecule has 1 fully saturated rings. The predicted molar refractivity (Wildman–Crippen MR) is 60.5 cm³/mol. The molecule has 0 aliphatic heterocycles. The normalized spacial score (nSPS) is 36.4. The van der Waals surface area contributed by atoms with Gasteiger partial charge in [-0.2, -0.15) is 0 Å². The van der Waals surface area contributed by atoms with Crippen LogP contribution < -0.4 is 0 Å². The first-order valence-electron chi connectivity index (χ1n) is 5.98. The largest absolute Gasteiger partial charge is 0.251 e. The van der Waals surface area contributed by atoms with Crippen LogP contribution in [-0.4, -0.2) is 11.4 Å². The lowest BCUT2D eigenvalue weighted by Gasteiger charge is -2.28. The fourth-order valence-corrected chi connectivity index (χ4v) is 2.59. The third-order valence-electron chi connectivity index (χ3n) is 3.71. The fraction of sp³-hybridized carbons (Fsp3) is 0.692. The van der Waals surface area contributed by atoms with Crippen LogP contribution in [0.4, 0.5) is 0 Å². The first kappa shape index (κ1) is 10.9. The molecule has 0 saturated heterocycles. The smallest absolute Gasteiger partial charge is 0.115 e. The van der Waals surface area contributed by atoms with Crippen molar-refractivity contribution in [2.45, 2.75) is 45.1 Å². The van der Waals surface area contributed by atoms with Gasteiger partial charge >= 0.3 is 0 Å². The summed E-state index contributed by atoms with van der Waals surface area (Å²) in [6, 6.07) is 0. The predicted octanol–water partition coefficient (Wildman–Crippen LogP) is 3.56. The molecule has 0 aromatic heterocycles. The lowest BCUT2D eigenvalue weighted by molar-refractivity contribution is -0.265. The molecule has 0 bridgehead atoms. The Balaban J connectivity index is 1.90. The van der Waals surface area contributed by atoms with Crippen molar-refractivity contribution in [3.05, 3.63) is 23.8 Å².